The zero-order chi connectivity index (χ0) is 20.1. The summed E-state index contributed by atoms with van der Waals surface area (Å²) in [5.74, 6) is 2.49. The first-order valence-electron chi connectivity index (χ1n) is 9.85. The van der Waals surface area contributed by atoms with E-state index in [-0.39, 0.29) is 0 Å². The molecule has 3 aromatic rings. The molecule has 0 unspecified atom stereocenters. The molecule has 0 saturated carbocycles. The molecule has 2 aromatic heterocycles. The van der Waals surface area contributed by atoms with E-state index < -0.39 is 0 Å². The van der Waals surface area contributed by atoms with Crippen LogP contribution in [-0.4, -0.2) is 48.2 Å². The van der Waals surface area contributed by atoms with Gasteiger partial charge in [-0.05, 0) is 43.3 Å². The van der Waals surface area contributed by atoms with Crippen LogP contribution in [0.1, 0.15) is 11.4 Å². The van der Waals surface area contributed by atoms with Gasteiger partial charge in [0, 0.05) is 49.8 Å². The maximum absolute atomic E-state index is 5.25. The number of benzene rings is 1. The van der Waals surface area contributed by atoms with E-state index >= 15 is 0 Å². The van der Waals surface area contributed by atoms with Crippen LogP contribution in [0, 0.1) is 6.92 Å². The van der Waals surface area contributed by atoms with Crippen LogP contribution in [0.25, 0.3) is 0 Å². The Morgan fingerprint density at radius 3 is 2.41 bits per heavy atom. The lowest BCUT2D eigenvalue weighted by Gasteiger charge is -2.36. The average molecular weight is 390 g/mol. The van der Waals surface area contributed by atoms with Crippen molar-refractivity contribution in [3.05, 3.63) is 66.1 Å². The molecule has 0 bridgehead atoms. The molecule has 1 aliphatic heterocycles. The number of ether oxygens (including phenoxy) is 1. The molecule has 1 fully saturated rings. The van der Waals surface area contributed by atoms with Crippen molar-refractivity contribution in [1.82, 2.24) is 15.0 Å². The van der Waals surface area contributed by atoms with Gasteiger partial charge in [0.25, 0.3) is 0 Å². The van der Waals surface area contributed by atoms with Gasteiger partial charge in [-0.1, -0.05) is 6.07 Å². The quantitative estimate of drug-likeness (QED) is 0.694. The molecule has 0 amide bonds. The largest absolute Gasteiger partial charge is 0.497 e. The molecular formula is C22H26N6O. The second-order valence-electron chi connectivity index (χ2n) is 7.04. The van der Waals surface area contributed by atoms with Crippen molar-refractivity contribution in [3.8, 4) is 5.75 Å². The maximum atomic E-state index is 5.25. The first kappa shape index (κ1) is 19.0. The molecule has 1 N–H and O–H groups in total. The van der Waals surface area contributed by atoms with Crippen LogP contribution in [0.5, 0.6) is 5.75 Å². The summed E-state index contributed by atoms with van der Waals surface area (Å²) < 4.78 is 5.25. The topological polar surface area (TPSA) is 66.4 Å². The van der Waals surface area contributed by atoms with E-state index in [0.29, 0.717) is 6.54 Å². The molecule has 0 aliphatic carbocycles. The van der Waals surface area contributed by atoms with Gasteiger partial charge >= 0.3 is 0 Å². The van der Waals surface area contributed by atoms with Crippen molar-refractivity contribution in [2.24, 2.45) is 0 Å². The Morgan fingerprint density at radius 1 is 0.966 bits per heavy atom. The molecule has 4 rings (SSSR count). The number of pyridine rings is 1. The van der Waals surface area contributed by atoms with Crippen LogP contribution in [0.2, 0.25) is 0 Å². The first-order valence-corrected chi connectivity index (χ1v) is 9.85. The van der Waals surface area contributed by atoms with Gasteiger partial charge in [0.2, 0.25) is 5.95 Å². The van der Waals surface area contributed by atoms with Crippen molar-refractivity contribution in [1.29, 1.82) is 0 Å². The summed E-state index contributed by atoms with van der Waals surface area (Å²) in [6, 6.07) is 16.1. The molecule has 150 valence electrons. The SMILES string of the molecule is COc1ccc(N2CCN(c3nc(C)cc(NCc4ccccn4)n3)CC2)cc1. The highest BCUT2D eigenvalue weighted by Gasteiger charge is 2.20. The molecule has 0 spiro atoms. The van der Waals surface area contributed by atoms with Gasteiger partial charge < -0.3 is 19.9 Å². The van der Waals surface area contributed by atoms with Crippen molar-refractivity contribution in [3.63, 3.8) is 0 Å². The molecule has 7 heteroatoms. The summed E-state index contributed by atoms with van der Waals surface area (Å²) >= 11 is 0. The lowest BCUT2D eigenvalue weighted by atomic mass is 10.2. The Morgan fingerprint density at radius 2 is 1.72 bits per heavy atom. The van der Waals surface area contributed by atoms with Crippen molar-refractivity contribution in [2.45, 2.75) is 13.5 Å². The third-order valence-corrected chi connectivity index (χ3v) is 5.02. The summed E-state index contributed by atoms with van der Waals surface area (Å²) in [5.41, 5.74) is 3.16. The first-order chi connectivity index (χ1) is 14.2. The normalized spacial score (nSPS) is 14.0. The molecule has 1 aliphatic rings. The number of methoxy groups -OCH3 is 1. The number of hydrogen-bond donors (Lipinski definition) is 1. The van der Waals surface area contributed by atoms with E-state index in [9.17, 15) is 0 Å². The number of anilines is 3. The number of aryl methyl sites for hydroxylation is 1. The van der Waals surface area contributed by atoms with Crippen LogP contribution in [-0.2, 0) is 6.54 Å². The highest BCUT2D eigenvalue weighted by atomic mass is 16.5. The Balaban J connectivity index is 1.39. The minimum atomic E-state index is 0.641. The van der Waals surface area contributed by atoms with Crippen molar-refractivity contribution in [2.75, 3.05) is 48.4 Å². The molecular weight excluding hydrogens is 364 g/mol. The predicted molar refractivity (Wildman–Crippen MR) is 116 cm³/mol. The molecule has 1 aromatic carbocycles. The monoisotopic (exact) mass is 390 g/mol. The second-order valence-corrected chi connectivity index (χ2v) is 7.04. The van der Waals surface area contributed by atoms with E-state index in [1.165, 1.54) is 5.69 Å². The Hall–Kier alpha value is -3.35. The molecule has 7 nitrogen and oxygen atoms in total. The Labute approximate surface area is 171 Å². The van der Waals surface area contributed by atoms with Gasteiger partial charge in [0.05, 0.1) is 19.3 Å². The summed E-state index contributed by atoms with van der Waals surface area (Å²) in [5, 5.41) is 3.36. The fourth-order valence-electron chi connectivity index (χ4n) is 3.43. The minimum Gasteiger partial charge on any atom is -0.497 e. The lowest BCUT2D eigenvalue weighted by Crippen LogP contribution is -2.47. The molecule has 29 heavy (non-hydrogen) atoms. The molecule has 3 heterocycles. The van der Waals surface area contributed by atoms with Crippen LogP contribution >= 0.6 is 0 Å². The second kappa shape index (κ2) is 8.77. The van der Waals surface area contributed by atoms with Gasteiger partial charge in [0.15, 0.2) is 0 Å². The highest BCUT2D eigenvalue weighted by molar-refractivity contribution is 5.51. The number of rotatable bonds is 6. The smallest absolute Gasteiger partial charge is 0.227 e. The van der Waals surface area contributed by atoms with Crippen LogP contribution in [0.3, 0.4) is 0 Å². The summed E-state index contributed by atoms with van der Waals surface area (Å²) in [6.45, 7) is 6.28. The number of nitrogens with zero attached hydrogens (tertiary/aromatic N) is 5. The lowest BCUT2D eigenvalue weighted by molar-refractivity contribution is 0.415. The average Bonchev–Trinajstić information content (AvgIpc) is 2.78. The number of nitrogens with one attached hydrogen (secondary N) is 1. The predicted octanol–water partition coefficient (Wildman–Crippen LogP) is 3.13. The van der Waals surface area contributed by atoms with Gasteiger partial charge in [-0.2, -0.15) is 4.98 Å². The van der Waals surface area contributed by atoms with Gasteiger partial charge in [-0.15, -0.1) is 0 Å². The van der Waals surface area contributed by atoms with Gasteiger partial charge in [-0.3, -0.25) is 4.98 Å². The van der Waals surface area contributed by atoms with Crippen molar-refractivity contribution < 1.29 is 4.74 Å². The van der Waals surface area contributed by atoms with E-state index in [0.717, 1.165) is 55.1 Å². The zero-order valence-corrected chi connectivity index (χ0v) is 16.9. The summed E-state index contributed by atoms with van der Waals surface area (Å²) in [6.07, 6.45) is 1.80. The maximum Gasteiger partial charge on any atom is 0.227 e. The Bertz CT molecular complexity index is 924. The zero-order valence-electron chi connectivity index (χ0n) is 16.9. The van der Waals surface area contributed by atoms with E-state index in [1.54, 1.807) is 13.3 Å². The van der Waals surface area contributed by atoms with Gasteiger partial charge in [0.1, 0.15) is 11.6 Å². The van der Waals surface area contributed by atoms with Crippen LogP contribution in [0.4, 0.5) is 17.5 Å². The van der Waals surface area contributed by atoms with E-state index in [1.807, 2.05) is 43.3 Å². The van der Waals surface area contributed by atoms with Gasteiger partial charge in [-0.25, -0.2) is 4.98 Å². The molecule has 0 radical (unpaired) electrons. The fraction of sp³-hybridized carbons (Fsp3) is 0.318. The minimum absolute atomic E-state index is 0.641. The van der Waals surface area contributed by atoms with Crippen LogP contribution < -0.4 is 19.9 Å². The third-order valence-electron chi connectivity index (χ3n) is 5.02. The molecule has 0 atom stereocenters. The Kier molecular flexibility index (Phi) is 5.74. The fourth-order valence-corrected chi connectivity index (χ4v) is 3.43. The summed E-state index contributed by atoms with van der Waals surface area (Å²) in [7, 11) is 1.69. The van der Waals surface area contributed by atoms with E-state index in [2.05, 4.69) is 37.2 Å². The third kappa shape index (κ3) is 4.74. The van der Waals surface area contributed by atoms with Crippen LogP contribution in [0.15, 0.2) is 54.7 Å². The number of hydrogen-bond acceptors (Lipinski definition) is 7. The standard InChI is InChI=1S/C22H26N6O/c1-17-15-21(24-16-18-5-3-4-10-23-18)26-22(25-17)28-13-11-27(12-14-28)19-6-8-20(29-2)9-7-19/h3-10,15H,11-14,16H2,1-2H3,(H,24,25,26). The van der Waals surface area contributed by atoms with Crippen molar-refractivity contribution >= 4 is 17.5 Å². The number of piperazine rings is 1. The highest BCUT2D eigenvalue weighted by Crippen LogP contribution is 2.22. The summed E-state index contributed by atoms with van der Waals surface area (Å²) in [4.78, 5) is 18.4. The molecule has 1 saturated heterocycles. The number of aromatic nitrogens is 3. The van der Waals surface area contributed by atoms with E-state index in [4.69, 9.17) is 9.72 Å².